The fourth-order valence-electron chi connectivity index (χ4n) is 2.06. The Bertz CT molecular complexity index is 824. The van der Waals surface area contributed by atoms with E-state index >= 15 is 0 Å². The molecule has 120 valence electrons. The zero-order valence-corrected chi connectivity index (χ0v) is 13.4. The van der Waals surface area contributed by atoms with Crippen LogP contribution in [0.5, 0.6) is 0 Å². The van der Waals surface area contributed by atoms with Gasteiger partial charge in [0.1, 0.15) is 0 Å². The molecule has 0 aliphatic heterocycles. The first kappa shape index (κ1) is 16.8. The van der Waals surface area contributed by atoms with E-state index in [1.54, 1.807) is 24.3 Å². The van der Waals surface area contributed by atoms with Crippen LogP contribution in [0.3, 0.4) is 0 Å². The van der Waals surface area contributed by atoms with E-state index in [0.717, 1.165) is 18.1 Å². The van der Waals surface area contributed by atoms with Crippen LogP contribution in [0.25, 0.3) is 6.08 Å². The smallest absolute Gasteiger partial charge is 0.328 e. The van der Waals surface area contributed by atoms with Crippen LogP contribution in [-0.4, -0.2) is 19.5 Å². The van der Waals surface area contributed by atoms with Gasteiger partial charge in [-0.1, -0.05) is 37.3 Å². The highest BCUT2D eigenvalue weighted by atomic mass is 32.2. The Morgan fingerprint density at radius 2 is 1.78 bits per heavy atom. The molecule has 0 bridgehead atoms. The summed E-state index contributed by atoms with van der Waals surface area (Å²) in [5, 5.41) is 8.58. The van der Waals surface area contributed by atoms with Crippen molar-refractivity contribution in [1.82, 2.24) is 0 Å². The number of nitrogens with one attached hydrogen (secondary N) is 1. The van der Waals surface area contributed by atoms with E-state index in [2.05, 4.69) is 4.72 Å². The molecule has 2 N–H and O–H groups in total. The summed E-state index contributed by atoms with van der Waals surface area (Å²) in [5.41, 5.74) is 2.09. The van der Waals surface area contributed by atoms with Crippen LogP contribution in [0.2, 0.25) is 0 Å². The van der Waals surface area contributed by atoms with Gasteiger partial charge in [0, 0.05) is 6.08 Å². The van der Waals surface area contributed by atoms with E-state index in [1.807, 2.05) is 19.1 Å². The van der Waals surface area contributed by atoms with E-state index < -0.39 is 16.0 Å². The number of para-hydroxylation sites is 1. The van der Waals surface area contributed by atoms with Gasteiger partial charge in [0.05, 0.1) is 10.6 Å². The summed E-state index contributed by atoms with van der Waals surface area (Å²) in [6.07, 6.45) is 3.12. The van der Waals surface area contributed by atoms with Crippen molar-refractivity contribution in [1.29, 1.82) is 0 Å². The van der Waals surface area contributed by atoms with Gasteiger partial charge >= 0.3 is 5.97 Å². The molecule has 0 atom stereocenters. The normalized spacial score (nSPS) is 11.5. The average Bonchev–Trinajstić information content (AvgIpc) is 2.53. The zero-order valence-electron chi connectivity index (χ0n) is 12.6. The molecule has 0 saturated carbocycles. The first-order chi connectivity index (χ1) is 10.9. The van der Waals surface area contributed by atoms with Crippen LogP contribution in [0.1, 0.15) is 18.1 Å². The monoisotopic (exact) mass is 331 g/mol. The molecule has 0 fully saturated rings. The number of sulfonamides is 1. The highest BCUT2D eigenvalue weighted by Gasteiger charge is 2.15. The van der Waals surface area contributed by atoms with Crippen molar-refractivity contribution >= 4 is 27.8 Å². The number of anilines is 1. The minimum atomic E-state index is -3.68. The lowest BCUT2D eigenvalue weighted by molar-refractivity contribution is -0.131. The Balaban J connectivity index is 2.24. The van der Waals surface area contributed by atoms with Crippen molar-refractivity contribution < 1.29 is 18.3 Å². The van der Waals surface area contributed by atoms with Gasteiger partial charge in [-0.2, -0.15) is 0 Å². The van der Waals surface area contributed by atoms with E-state index in [4.69, 9.17) is 5.11 Å². The summed E-state index contributed by atoms with van der Waals surface area (Å²) in [7, 11) is -3.68. The molecule has 0 aromatic heterocycles. The van der Waals surface area contributed by atoms with Crippen molar-refractivity contribution in [3.05, 3.63) is 65.7 Å². The van der Waals surface area contributed by atoms with E-state index in [1.165, 1.54) is 18.2 Å². The van der Waals surface area contributed by atoms with Crippen LogP contribution in [0, 0.1) is 0 Å². The number of carbonyl (C=O) groups is 1. The Morgan fingerprint density at radius 3 is 2.39 bits per heavy atom. The number of hydrogen-bond acceptors (Lipinski definition) is 3. The van der Waals surface area contributed by atoms with Crippen LogP contribution in [0.15, 0.2) is 59.5 Å². The minimum Gasteiger partial charge on any atom is -0.478 e. The maximum absolute atomic E-state index is 12.4. The van der Waals surface area contributed by atoms with Gasteiger partial charge in [-0.25, -0.2) is 13.2 Å². The molecule has 2 aromatic carbocycles. The molecule has 0 aliphatic rings. The van der Waals surface area contributed by atoms with Crippen molar-refractivity contribution in [2.24, 2.45) is 0 Å². The minimum absolute atomic E-state index is 0.121. The van der Waals surface area contributed by atoms with E-state index in [0.29, 0.717) is 11.3 Å². The van der Waals surface area contributed by atoms with Gasteiger partial charge in [0.15, 0.2) is 0 Å². The molecule has 0 saturated heterocycles. The van der Waals surface area contributed by atoms with Gasteiger partial charge in [-0.3, -0.25) is 4.72 Å². The first-order valence-electron chi connectivity index (χ1n) is 7.04. The second kappa shape index (κ2) is 7.11. The Kier molecular flexibility index (Phi) is 5.18. The van der Waals surface area contributed by atoms with Gasteiger partial charge in [-0.05, 0) is 41.8 Å². The van der Waals surface area contributed by atoms with Gasteiger partial charge < -0.3 is 5.11 Å². The van der Waals surface area contributed by atoms with Crippen molar-refractivity contribution in [2.75, 3.05) is 4.72 Å². The molecular formula is C17H17NO4S. The summed E-state index contributed by atoms with van der Waals surface area (Å²) in [6.45, 7) is 1.96. The second-order valence-electron chi connectivity index (χ2n) is 4.86. The number of aryl methyl sites for hydroxylation is 1. The lowest BCUT2D eigenvalue weighted by Crippen LogP contribution is -2.14. The Hall–Kier alpha value is -2.60. The number of hydrogen-bond donors (Lipinski definition) is 2. The molecule has 0 radical (unpaired) electrons. The van der Waals surface area contributed by atoms with Gasteiger partial charge in [0.2, 0.25) is 0 Å². The Labute approximate surface area is 135 Å². The molecule has 2 aromatic rings. The standard InChI is InChI=1S/C17H17NO4S/c1-2-14-5-3-4-6-16(14)18-23(21,22)15-10-7-13(8-11-15)9-12-17(19)20/h3-12,18H,2H2,1H3,(H,19,20)/b12-9-. The third-order valence-corrected chi connectivity index (χ3v) is 4.63. The lowest BCUT2D eigenvalue weighted by Gasteiger charge is -2.11. The third kappa shape index (κ3) is 4.43. The van der Waals surface area contributed by atoms with Gasteiger partial charge in [0.25, 0.3) is 10.0 Å². The Morgan fingerprint density at radius 1 is 1.13 bits per heavy atom. The topological polar surface area (TPSA) is 83.5 Å². The van der Waals surface area contributed by atoms with Crippen molar-refractivity contribution in [2.45, 2.75) is 18.2 Å². The first-order valence-corrected chi connectivity index (χ1v) is 8.52. The van der Waals surface area contributed by atoms with Crippen molar-refractivity contribution in [3.8, 4) is 0 Å². The van der Waals surface area contributed by atoms with E-state index in [-0.39, 0.29) is 4.90 Å². The molecule has 2 rings (SSSR count). The maximum atomic E-state index is 12.4. The fraction of sp³-hybridized carbons (Fsp3) is 0.118. The van der Waals surface area contributed by atoms with Crippen molar-refractivity contribution in [3.63, 3.8) is 0 Å². The molecule has 23 heavy (non-hydrogen) atoms. The van der Waals surface area contributed by atoms with Crippen LogP contribution in [0.4, 0.5) is 5.69 Å². The lowest BCUT2D eigenvalue weighted by atomic mass is 10.1. The van der Waals surface area contributed by atoms with E-state index in [9.17, 15) is 13.2 Å². The highest BCUT2D eigenvalue weighted by molar-refractivity contribution is 7.92. The average molecular weight is 331 g/mol. The maximum Gasteiger partial charge on any atom is 0.328 e. The summed E-state index contributed by atoms with van der Waals surface area (Å²) >= 11 is 0. The summed E-state index contributed by atoms with van der Waals surface area (Å²) < 4.78 is 27.4. The van der Waals surface area contributed by atoms with Crippen LogP contribution >= 0.6 is 0 Å². The number of carboxylic acid groups (broad SMARTS) is 1. The summed E-state index contributed by atoms with van der Waals surface area (Å²) in [4.78, 5) is 10.6. The number of aliphatic carboxylic acids is 1. The second-order valence-corrected chi connectivity index (χ2v) is 6.54. The molecular weight excluding hydrogens is 314 g/mol. The number of benzene rings is 2. The summed E-state index contributed by atoms with van der Waals surface area (Å²) in [5.74, 6) is -1.06. The van der Waals surface area contributed by atoms with Crippen LogP contribution in [-0.2, 0) is 21.2 Å². The third-order valence-electron chi connectivity index (χ3n) is 3.25. The quantitative estimate of drug-likeness (QED) is 0.797. The highest BCUT2D eigenvalue weighted by Crippen LogP contribution is 2.21. The fourth-order valence-corrected chi connectivity index (χ4v) is 3.16. The SMILES string of the molecule is CCc1ccccc1NS(=O)(=O)c1ccc(/C=C\C(=O)O)cc1. The molecule has 0 amide bonds. The predicted molar refractivity (Wildman–Crippen MR) is 89.7 cm³/mol. The molecule has 6 heteroatoms. The number of rotatable bonds is 6. The molecule has 0 heterocycles. The van der Waals surface area contributed by atoms with Gasteiger partial charge in [-0.15, -0.1) is 0 Å². The molecule has 0 unspecified atom stereocenters. The predicted octanol–water partition coefficient (Wildman–Crippen LogP) is 3.15. The molecule has 5 nitrogen and oxygen atoms in total. The van der Waals surface area contributed by atoms with Crippen LogP contribution < -0.4 is 4.72 Å². The zero-order chi connectivity index (χ0) is 16.9. The summed E-state index contributed by atoms with van der Waals surface area (Å²) in [6, 6.07) is 13.2. The largest absolute Gasteiger partial charge is 0.478 e. The number of carboxylic acids is 1. The molecule has 0 aliphatic carbocycles. The molecule has 0 spiro atoms.